The van der Waals surface area contributed by atoms with Gasteiger partial charge in [-0.25, -0.2) is 0 Å². The van der Waals surface area contributed by atoms with E-state index in [0.29, 0.717) is 5.54 Å². The van der Waals surface area contributed by atoms with E-state index in [1.165, 1.54) is 45.2 Å². The molecule has 0 aromatic heterocycles. The Morgan fingerprint density at radius 3 is 2.38 bits per heavy atom. The Balaban J connectivity index is 1.76. The van der Waals surface area contributed by atoms with E-state index >= 15 is 0 Å². The number of nitrogens with one attached hydrogen (secondary N) is 1. The summed E-state index contributed by atoms with van der Waals surface area (Å²) in [5.74, 6) is 0. The van der Waals surface area contributed by atoms with Gasteiger partial charge in [0.25, 0.3) is 0 Å². The van der Waals surface area contributed by atoms with E-state index in [1.807, 2.05) is 0 Å². The summed E-state index contributed by atoms with van der Waals surface area (Å²) in [5.41, 5.74) is 0.570. The first-order valence-corrected chi connectivity index (χ1v) is 5.70. The van der Waals surface area contributed by atoms with Gasteiger partial charge in [-0.2, -0.15) is 0 Å². The lowest BCUT2D eigenvalue weighted by Crippen LogP contribution is -2.46. The molecule has 2 heteroatoms. The molecule has 1 heterocycles. The van der Waals surface area contributed by atoms with Crippen LogP contribution in [-0.2, 0) is 0 Å². The van der Waals surface area contributed by atoms with E-state index in [9.17, 15) is 0 Å². The summed E-state index contributed by atoms with van der Waals surface area (Å²) in [5, 5.41) is 3.85. The molecule has 1 N–H and O–H groups in total. The lowest BCUT2D eigenvalue weighted by Gasteiger charge is -2.32. The fourth-order valence-corrected chi connectivity index (χ4v) is 2.34. The maximum Gasteiger partial charge on any atom is 0.0182 e. The molecule has 1 saturated carbocycles. The third-order valence-corrected chi connectivity index (χ3v) is 3.76. The number of piperidine rings is 1. The lowest BCUT2D eigenvalue weighted by molar-refractivity contribution is 0.219. The van der Waals surface area contributed by atoms with Crippen LogP contribution < -0.4 is 5.32 Å². The first-order chi connectivity index (χ1) is 6.24. The van der Waals surface area contributed by atoms with Crippen molar-refractivity contribution in [2.45, 2.75) is 50.6 Å². The summed E-state index contributed by atoms with van der Waals surface area (Å²) < 4.78 is 0. The molecule has 2 fully saturated rings. The molecule has 0 atom stereocenters. The molecule has 1 saturated heterocycles. The molecular formula is C11H22N2. The molecule has 1 aliphatic heterocycles. The molecule has 0 radical (unpaired) electrons. The highest BCUT2D eigenvalue weighted by Gasteiger charge is 2.42. The van der Waals surface area contributed by atoms with Crippen LogP contribution in [0.2, 0.25) is 0 Å². The highest BCUT2D eigenvalue weighted by molar-refractivity contribution is 5.02. The molecule has 2 aliphatic rings. The Morgan fingerprint density at radius 1 is 1.31 bits per heavy atom. The van der Waals surface area contributed by atoms with Gasteiger partial charge in [-0.05, 0) is 52.2 Å². The number of rotatable bonds is 3. The second kappa shape index (κ2) is 3.58. The summed E-state index contributed by atoms with van der Waals surface area (Å²) in [6.07, 6.45) is 6.83. The van der Waals surface area contributed by atoms with Crippen LogP contribution in [0, 0.1) is 0 Å². The summed E-state index contributed by atoms with van der Waals surface area (Å²) >= 11 is 0. The molecule has 0 spiro atoms. The zero-order chi connectivity index (χ0) is 9.31. The quantitative estimate of drug-likeness (QED) is 0.713. The summed E-state index contributed by atoms with van der Waals surface area (Å²) in [6, 6.07) is 0.804. The van der Waals surface area contributed by atoms with Crippen molar-refractivity contribution in [3.8, 4) is 0 Å². The number of likely N-dealkylation sites (tertiary alicyclic amines) is 1. The standard InChI is InChI=1S/C11H22N2/c1-3-11(6-7-11)12-10-4-8-13(2)9-5-10/h10,12H,3-9H2,1-2H3. The van der Waals surface area contributed by atoms with E-state index < -0.39 is 0 Å². The number of nitrogens with zero attached hydrogens (tertiary/aromatic N) is 1. The van der Waals surface area contributed by atoms with Crippen molar-refractivity contribution in [2.75, 3.05) is 20.1 Å². The Kier molecular flexibility index (Phi) is 2.61. The predicted octanol–water partition coefficient (Wildman–Crippen LogP) is 1.61. The molecule has 76 valence electrons. The first kappa shape index (κ1) is 9.47. The Hall–Kier alpha value is -0.0800. The third-order valence-electron chi connectivity index (χ3n) is 3.76. The predicted molar refractivity (Wildman–Crippen MR) is 55.9 cm³/mol. The monoisotopic (exact) mass is 182 g/mol. The number of hydrogen-bond donors (Lipinski definition) is 1. The zero-order valence-corrected chi connectivity index (χ0v) is 8.97. The van der Waals surface area contributed by atoms with Gasteiger partial charge in [0.15, 0.2) is 0 Å². The van der Waals surface area contributed by atoms with Gasteiger partial charge in [0.05, 0.1) is 0 Å². The largest absolute Gasteiger partial charge is 0.308 e. The van der Waals surface area contributed by atoms with E-state index in [-0.39, 0.29) is 0 Å². The van der Waals surface area contributed by atoms with E-state index in [2.05, 4.69) is 24.2 Å². The van der Waals surface area contributed by atoms with Crippen molar-refractivity contribution in [3.63, 3.8) is 0 Å². The van der Waals surface area contributed by atoms with Crippen molar-refractivity contribution in [1.29, 1.82) is 0 Å². The normalized spacial score (nSPS) is 29.1. The number of hydrogen-bond acceptors (Lipinski definition) is 2. The second-order valence-corrected chi connectivity index (χ2v) is 4.86. The highest BCUT2D eigenvalue weighted by atomic mass is 15.1. The van der Waals surface area contributed by atoms with Gasteiger partial charge < -0.3 is 10.2 Å². The van der Waals surface area contributed by atoms with E-state index in [4.69, 9.17) is 0 Å². The molecule has 0 unspecified atom stereocenters. The van der Waals surface area contributed by atoms with Gasteiger partial charge in [-0.1, -0.05) is 6.92 Å². The minimum Gasteiger partial charge on any atom is -0.308 e. The van der Waals surface area contributed by atoms with Crippen LogP contribution >= 0.6 is 0 Å². The molecule has 0 bridgehead atoms. The molecule has 0 aromatic carbocycles. The van der Waals surface area contributed by atoms with Crippen molar-refractivity contribution < 1.29 is 0 Å². The van der Waals surface area contributed by atoms with E-state index in [0.717, 1.165) is 6.04 Å². The van der Waals surface area contributed by atoms with Crippen LogP contribution in [0.5, 0.6) is 0 Å². The third kappa shape index (κ3) is 2.23. The minimum atomic E-state index is 0.570. The van der Waals surface area contributed by atoms with Crippen LogP contribution in [-0.4, -0.2) is 36.6 Å². The smallest absolute Gasteiger partial charge is 0.0182 e. The topological polar surface area (TPSA) is 15.3 Å². The summed E-state index contributed by atoms with van der Waals surface area (Å²) in [6.45, 7) is 4.86. The molecule has 1 aliphatic carbocycles. The molecule has 0 aromatic rings. The van der Waals surface area contributed by atoms with Crippen LogP contribution in [0.3, 0.4) is 0 Å². The van der Waals surface area contributed by atoms with Crippen LogP contribution in [0.1, 0.15) is 39.0 Å². The molecular weight excluding hydrogens is 160 g/mol. The summed E-state index contributed by atoms with van der Waals surface area (Å²) in [7, 11) is 2.23. The summed E-state index contributed by atoms with van der Waals surface area (Å²) in [4.78, 5) is 2.43. The van der Waals surface area contributed by atoms with Gasteiger partial charge in [0.1, 0.15) is 0 Å². The zero-order valence-electron chi connectivity index (χ0n) is 8.97. The van der Waals surface area contributed by atoms with Gasteiger partial charge in [0, 0.05) is 11.6 Å². The lowest BCUT2D eigenvalue weighted by atomic mass is 10.0. The van der Waals surface area contributed by atoms with Gasteiger partial charge in [-0.15, -0.1) is 0 Å². The fraction of sp³-hybridized carbons (Fsp3) is 1.00. The van der Waals surface area contributed by atoms with Gasteiger partial charge in [-0.3, -0.25) is 0 Å². The second-order valence-electron chi connectivity index (χ2n) is 4.86. The molecule has 13 heavy (non-hydrogen) atoms. The Labute approximate surface area is 81.7 Å². The maximum atomic E-state index is 3.85. The maximum absolute atomic E-state index is 3.85. The van der Waals surface area contributed by atoms with Crippen molar-refractivity contribution >= 4 is 0 Å². The van der Waals surface area contributed by atoms with Gasteiger partial charge >= 0.3 is 0 Å². The highest BCUT2D eigenvalue weighted by Crippen LogP contribution is 2.39. The molecule has 2 rings (SSSR count). The Bertz CT molecular complexity index is 167. The molecule has 0 amide bonds. The van der Waals surface area contributed by atoms with Gasteiger partial charge in [0.2, 0.25) is 0 Å². The van der Waals surface area contributed by atoms with Crippen molar-refractivity contribution in [1.82, 2.24) is 10.2 Å². The fourth-order valence-electron chi connectivity index (χ4n) is 2.34. The minimum absolute atomic E-state index is 0.570. The van der Waals surface area contributed by atoms with Crippen molar-refractivity contribution in [3.05, 3.63) is 0 Å². The van der Waals surface area contributed by atoms with Crippen LogP contribution in [0.15, 0.2) is 0 Å². The average molecular weight is 182 g/mol. The van der Waals surface area contributed by atoms with Crippen molar-refractivity contribution in [2.24, 2.45) is 0 Å². The first-order valence-electron chi connectivity index (χ1n) is 5.70. The van der Waals surface area contributed by atoms with Crippen LogP contribution in [0.25, 0.3) is 0 Å². The molecule has 2 nitrogen and oxygen atoms in total. The van der Waals surface area contributed by atoms with Crippen LogP contribution in [0.4, 0.5) is 0 Å². The average Bonchev–Trinajstić information content (AvgIpc) is 2.90. The SMILES string of the molecule is CCC1(NC2CCN(C)CC2)CC1. The Morgan fingerprint density at radius 2 is 1.92 bits per heavy atom. The van der Waals surface area contributed by atoms with E-state index in [1.54, 1.807) is 0 Å².